The van der Waals surface area contributed by atoms with Crippen LogP contribution in [0, 0.1) is 0 Å². The quantitative estimate of drug-likeness (QED) is 0.748. The standard InChI is InChI=1S/C15H23F2NS/c1-4-15(5-2,19-3)11-18-10-12-7-6-8-13(9-12)14(16)17/h6-9,14,18H,4-5,10-11H2,1-3H3. The molecular formula is C15H23F2NS. The summed E-state index contributed by atoms with van der Waals surface area (Å²) < 4.78 is 25.4. The fourth-order valence-electron chi connectivity index (χ4n) is 2.13. The van der Waals surface area contributed by atoms with E-state index in [1.165, 1.54) is 6.07 Å². The highest BCUT2D eigenvalue weighted by atomic mass is 32.2. The molecule has 0 aliphatic heterocycles. The van der Waals surface area contributed by atoms with Crippen molar-refractivity contribution in [2.45, 2.75) is 44.4 Å². The number of nitrogens with one attached hydrogen (secondary N) is 1. The number of hydrogen-bond donors (Lipinski definition) is 1. The van der Waals surface area contributed by atoms with Gasteiger partial charge in [0.05, 0.1) is 0 Å². The molecule has 0 bridgehead atoms. The van der Waals surface area contributed by atoms with Crippen molar-refractivity contribution < 1.29 is 8.78 Å². The van der Waals surface area contributed by atoms with Crippen molar-refractivity contribution in [3.05, 3.63) is 35.4 Å². The number of rotatable bonds is 8. The van der Waals surface area contributed by atoms with E-state index >= 15 is 0 Å². The summed E-state index contributed by atoms with van der Waals surface area (Å²) in [6.07, 6.45) is 1.95. The first kappa shape index (κ1) is 16.4. The van der Waals surface area contributed by atoms with Crippen LogP contribution in [0.4, 0.5) is 8.78 Å². The molecule has 0 heterocycles. The van der Waals surface area contributed by atoms with Crippen molar-refractivity contribution in [1.29, 1.82) is 0 Å². The van der Waals surface area contributed by atoms with Gasteiger partial charge in [-0.05, 0) is 30.7 Å². The van der Waals surface area contributed by atoms with Crippen molar-refractivity contribution in [2.24, 2.45) is 0 Å². The predicted octanol–water partition coefficient (Wildman–Crippen LogP) is 4.64. The maximum absolute atomic E-state index is 12.6. The molecule has 1 aromatic rings. The molecule has 0 aromatic heterocycles. The number of halogens is 2. The second kappa shape index (κ2) is 7.85. The minimum absolute atomic E-state index is 0.0985. The average molecular weight is 287 g/mol. The zero-order chi connectivity index (χ0) is 14.3. The molecule has 0 unspecified atom stereocenters. The molecule has 1 aromatic carbocycles. The van der Waals surface area contributed by atoms with E-state index in [4.69, 9.17) is 0 Å². The number of alkyl halides is 2. The molecule has 1 rings (SSSR count). The summed E-state index contributed by atoms with van der Waals surface area (Å²) in [5.74, 6) is 0. The topological polar surface area (TPSA) is 12.0 Å². The summed E-state index contributed by atoms with van der Waals surface area (Å²) in [5, 5.41) is 3.40. The number of thioether (sulfide) groups is 1. The van der Waals surface area contributed by atoms with Crippen LogP contribution in [0.5, 0.6) is 0 Å². The molecule has 0 aliphatic carbocycles. The van der Waals surface area contributed by atoms with Crippen LogP contribution in [0.25, 0.3) is 0 Å². The van der Waals surface area contributed by atoms with E-state index in [9.17, 15) is 8.78 Å². The molecule has 0 spiro atoms. The molecule has 108 valence electrons. The third kappa shape index (κ3) is 4.77. The lowest BCUT2D eigenvalue weighted by atomic mass is 10.0. The van der Waals surface area contributed by atoms with Crippen LogP contribution >= 0.6 is 11.8 Å². The van der Waals surface area contributed by atoms with Crippen molar-refractivity contribution in [2.75, 3.05) is 12.8 Å². The third-order valence-corrected chi connectivity index (χ3v) is 5.29. The third-order valence-electron chi connectivity index (χ3n) is 3.70. The van der Waals surface area contributed by atoms with Crippen molar-refractivity contribution in [1.82, 2.24) is 5.32 Å². The minimum atomic E-state index is -2.39. The van der Waals surface area contributed by atoms with Gasteiger partial charge in [0.25, 0.3) is 6.43 Å². The predicted molar refractivity (Wildman–Crippen MR) is 79.9 cm³/mol. The molecule has 1 N–H and O–H groups in total. The first-order chi connectivity index (χ1) is 9.06. The Morgan fingerprint density at radius 2 is 1.95 bits per heavy atom. The minimum Gasteiger partial charge on any atom is -0.311 e. The highest BCUT2D eigenvalue weighted by molar-refractivity contribution is 8.00. The van der Waals surface area contributed by atoms with Crippen LogP contribution in [0.15, 0.2) is 24.3 Å². The Balaban J connectivity index is 2.55. The van der Waals surface area contributed by atoms with Gasteiger partial charge in [0, 0.05) is 23.4 Å². The molecule has 1 nitrogen and oxygen atoms in total. The molecule has 0 amide bonds. The number of hydrogen-bond acceptors (Lipinski definition) is 2. The molecular weight excluding hydrogens is 264 g/mol. The van der Waals surface area contributed by atoms with E-state index < -0.39 is 6.43 Å². The van der Waals surface area contributed by atoms with Crippen molar-refractivity contribution in [3.8, 4) is 0 Å². The highest BCUT2D eigenvalue weighted by Gasteiger charge is 2.23. The Bertz CT molecular complexity index is 370. The van der Waals surface area contributed by atoms with Gasteiger partial charge in [0.1, 0.15) is 0 Å². The fourth-order valence-corrected chi connectivity index (χ4v) is 2.96. The zero-order valence-electron chi connectivity index (χ0n) is 11.9. The second-order valence-electron chi connectivity index (χ2n) is 4.74. The summed E-state index contributed by atoms with van der Waals surface area (Å²) in [6, 6.07) is 6.63. The van der Waals surface area contributed by atoms with Gasteiger partial charge in [-0.3, -0.25) is 0 Å². The lowest BCUT2D eigenvalue weighted by Gasteiger charge is -2.30. The van der Waals surface area contributed by atoms with E-state index in [1.54, 1.807) is 12.1 Å². The molecule has 19 heavy (non-hydrogen) atoms. The zero-order valence-corrected chi connectivity index (χ0v) is 12.7. The van der Waals surface area contributed by atoms with Gasteiger partial charge in [-0.1, -0.05) is 32.0 Å². The monoisotopic (exact) mass is 287 g/mol. The normalized spacial score (nSPS) is 12.1. The van der Waals surface area contributed by atoms with E-state index in [0.29, 0.717) is 6.54 Å². The summed E-state index contributed by atoms with van der Waals surface area (Å²) in [4.78, 5) is 0. The largest absolute Gasteiger partial charge is 0.311 e. The van der Waals surface area contributed by atoms with E-state index in [1.807, 2.05) is 17.8 Å². The van der Waals surface area contributed by atoms with Gasteiger partial charge >= 0.3 is 0 Å². The van der Waals surface area contributed by atoms with Crippen LogP contribution in [0.2, 0.25) is 0 Å². The Morgan fingerprint density at radius 3 is 2.47 bits per heavy atom. The lowest BCUT2D eigenvalue weighted by Crippen LogP contribution is -2.36. The van der Waals surface area contributed by atoms with E-state index in [0.717, 1.165) is 24.9 Å². The molecule has 4 heteroatoms. The van der Waals surface area contributed by atoms with Gasteiger partial charge < -0.3 is 5.32 Å². The van der Waals surface area contributed by atoms with Crippen molar-refractivity contribution >= 4 is 11.8 Å². The smallest absolute Gasteiger partial charge is 0.263 e. The molecule has 0 atom stereocenters. The number of benzene rings is 1. The van der Waals surface area contributed by atoms with E-state index in [-0.39, 0.29) is 10.3 Å². The van der Waals surface area contributed by atoms with Gasteiger partial charge in [-0.15, -0.1) is 0 Å². The van der Waals surface area contributed by atoms with Crippen LogP contribution in [0.3, 0.4) is 0 Å². The van der Waals surface area contributed by atoms with Gasteiger partial charge in [0.15, 0.2) is 0 Å². The van der Waals surface area contributed by atoms with Crippen molar-refractivity contribution in [3.63, 3.8) is 0 Å². The summed E-state index contributed by atoms with van der Waals surface area (Å²) in [6.45, 7) is 5.93. The second-order valence-corrected chi connectivity index (χ2v) is 6.02. The SMILES string of the molecule is CCC(CC)(CNCc1cccc(C(F)F)c1)SC. The van der Waals surface area contributed by atoms with Gasteiger partial charge in [-0.25, -0.2) is 8.78 Å². The maximum Gasteiger partial charge on any atom is 0.263 e. The van der Waals surface area contributed by atoms with Crippen LogP contribution in [-0.2, 0) is 6.54 Å². The molecule has 0 saturated carbocycles. The van der Waals surface area contributed by atoms with Crippen LogP contribution in [-0.4, -0.2) is 17.5 Å². The average Bonchev–Trinajstić information content (AvgIpc) is 2.44. The fraction of sp³-hybridized carbons (Fsp3) is 0.600. The molecule has 0 aliphatic rings. The maximum atomic E-state index is 12.6. The Hall–Kier alpha value is -0.610. The Kier molecular flexibility index (Phi) is 6.80. The Morgan fingerprint density at radius 1 is 1.26 bits per heavy atom. The molecule has 0 fully saturated rings. The highest BCUT2D eigenvalue weighted by Crippen LogP contribution is 2.29. The van der Waals surface area contributed by atoms with Crippen LogP contribution < -0.4 is 5.32 Å². The summed E-state index contributed by atoms with van der Waals surface area (Å²) in [5.41, 5.74) is 1.02. The first-order valence-electron chi connectivity index (χ1n) is 6.69. The molecule has 0 radical (unpaired) electrons. The van der Waals surface area contributed by atoms with Gasteiger partial charge in [0.2, 0.25) is 0 Å². The first-order valence-corrected chi connectivity index (χ1v) is 7.92. The van der Waals surface area contributed by atoms with Gasteiger partial charge in [-0.2, -0.15) is 11.8 Å². The van der Waals surface area contributed by atoms with E-state index in [2.05, 4.69) is 25.4 Å². The summed E-state index contributed by atoms with van der Waals surface area (Å²) >= 11 is 1.88. The summed E-state index contributed by atoms with van der Waals surface area (Å²) in [7, 11) is 0. The Labute approximate surface area is 119 Å². The molecule has 0 saturated heterocycles. The lowest BCUT2D eigenvalue weighted by molar-refractivity contribution is 0.151. The van der Waals surface area contributed by atoms with Crippen LogP contribution in [0.1, 0.15) is 44.2 Å².